The number of aryl methyl sites for hydroxylation is 1. The van der Waals surface area contributed by atoms with E-state index in [0.29, 0.717) is 36.0 Å². The zero-order valence-electron chi connectivity index (χ0n) is 21.3. The van der Waals surface area contributed by atoms with Crippen molar-refractivity contribution in [1.29, 1.82) is 0 Å². The number of amides is 1. The average Bonchev–Trinajstić information content (AvgIpc) is 3.20. The van der Waals surface area contributed by atoms with E-state index in [0.717, 1.165) is 28.2 Å². The van der Waals surface area contributed by atoms with Gasteiger partial charge in [-0.2, -0.15) is 5.10 Å². The zero-order chi connectivity index (χ0) is 25.7. The maximum absolute atomic E-state index is 13.4. The van der Waals surface area contributed by atoms with Crippen molar-refractivity contribution in [2.45, 2.75) is 27.0 Å². The minimum absolute atomic E-state index is 0.160. The highest BCUT2D eigenvalue weighted by Crippen LogP contribution is 2.39. The second-order valence-corrected chi connectivity index (χ2v) is 8.54. The number of methoxy groups -OCH3 is 2. The van der Waals surface area contributed by atoms with Gasteiger partial charge in [0.25, 0.3) is 5.91 Å². The van der Waals surface area contributed by atoms with Gasteiger partial charge < -0.3 is 19.1 Å². The third kappa shape index (κ3) is 5.20. The van der Waals surface area contributed by atoms with Gasteiger partial charge in [0, 0.05) is 30.4 Å². The van der Waals surface area contributed by atoms with Crippen molar-refractivity contribution in [1.82, 2.24) is 14.7 Å². The van der Waals surface area contributed by atoms with Crippen LogP contribution in [0.15, 0.2) is 72.8 Å². The summed E-state index contributed by atoms with van der Waals surface area (Å²) in [7, 11) is 4.87. The third-order valence-corrected chi connectivity index (χ3v) is 6.12. The first-order valence-corrected chi connectivity index (χ1v) is 11.7. The molecule has 36 heavy (non-hydrogen) atoms. The molecule has 1 heterocycles. The van der Waals surface area contributed by atoms with Crippen LogP contribution in [0.4, 0.5) is 0 Å². The molecule has 0 saturated heterocycles. The number of benzene rings is 3. The van der Waals surface area contributed by atoms with E-state index in [-0.39, 0.29) is 5.91 Å². The monoisotopic (exact) mass is 485 g/mol. The number of nitrogens with zero attached hydrogens (tertiary/aromatic N) is 3. The number of ether oxygens (including phenoxy) is 3. The molecule has 4 rings (SSSR count). The fourth-order valence-electron chi connectivity index (χ4n) is 4.13. The van der Waals surface area contributed by atoms with Crippen molar-refractivity contribution in [3.8, 4) is 22.9 Å². The van der Waals surface area contributed by atoms with Crippen molar-refractivity contribution in [3.63, 3.8) is 0 Å². The van der Waals surface area contributed by atoms with Crippen molar-refractivity contribution in [2.24, 2.45) is 0 Å². The summed E-state index contributed by atoms with van der Waals surface area (Å²) < 4.78 is 19.1. The lowest BCUT2D eigenvalue weighted by molar-refractivity contribution is 0.0784. The Morgan fingerprint density at radius 2 is 1.50 bits per heavy atom. The molecule has 0 bridgehead atoms. The molecule has 4 aromatic rings. The van der Waals surface area contributed by atoms with Crippen LogP contribution in [0.3, 0.4) is 0 Å². The lowest BCUT2D eigenvalue weighted by Gasteiger charge is -2.20. The van der Waals surface area contributed by atoms with Crippen LogP contribution in [0.1, 0.15) is 32.9 Å². The summed E-state index contributed by atoms with van der Waals surface area (Å²) in [5, 5.41) is 4.70. The van der Waals surface area contributed by atoms with Crippen LogP contribution in [-0.2, 0) is 13.2 Å². The highest BCUT2D eigenvalue weighted by molar-refractivity contribution is 5.95. The SMILES string of the molecule is COc1cc(C(=O)N(C)Cc2c(C)nn(-c3ccccc3)c2C)cc(OC)c1OCc1ccccc1. The third-order valence-electron chi connectivity index (χ3n) is 6.12. The molecule has 0 fully saturated rings. The Hall–Kier alpha value is -4.26. The van der Waals surface area contributed by atoms with Crippen LogP contribution in [0.2, 0.25) is 0 Å². The van der Waals surface area contributed by atoms with Gasteiger partial charge in [0.2, 0.25) is 5.75 Å². The molecule has 0 aliphatic heterocycles. The molecule has 1 aromatic heterocycles. The minimum atomic E-state index is -0.160. The number of hydrogen-bond acceptors (Lipinski definition) is 5. The molecule has 7 nitrogen and oxygen atoms in total. The van der Waals surface area contributed by atoms with Gasteiger partial charge in [-0.15, -0.1) is 0 Å². The zero-order valence-corrected chi connectivity index (χ0v) is 21.3. The molecule has 1 amide bonds. The average molecular weight is 486 g/mol. The first-order chi connectivity index (χ1) is 17.4. The predicted molar refractivity (Wildman–Crippen MR) is 139 cm³/mol. The van der Waals surface area contributed by atoms with Gasteiger partial charge in [0.15, 0.2) is 11.5 Å². The molecule has 7 heteroatoms. The maximum atomic E-state index is 13.4. The molecule has 0 atom stereocenters. The van der Waals surface area contributed by atoms with Crippen LogP contribution >= 0.6 is 0 Å². The number of rotatable bonds is 9. The molecule has 3 aromatic carbocycles. The van der Waals surface area contributed by atoms with E-state index in [1.165, 1.54) is 0 Å². The van der Waals surface area contributed by atoms with Crippen molar-refractivity contribution < 1.29 is 19.0 Å². The molecule has 0 saturated carbocycles. The second kappa shape index (κ2) is 11.0. The fraction of sp³-hybridized carbons (Fsp3) is 0.241. The van der Waals surface area contributed by atoms with Crippen LogP contribution < -0.4 is 14.2 Å². The first-order valence-electron chi connectivity index (χ1n) is 11.7. The fourth-order valence-corrected chi connectivity index (χ4v) is 4.13. The summed E-state index contributed by atoms with van der Waals surface area (Å²) in [4.78, 5) is 15.1. The number of aromatic nitrogens is 2. The van der Waals surface area contributed by atoms with Crippen molar-refractivity contribution >= 4 is 5.91 Å². The van der Waals surface area contributed by atoms with E-state index in [1.54, 1.807) is 38.3 Å². The topological polar surface area (TPSA) is 65.8 Å². The normalized spacial score (nSPS) is 10.7. The van der Waals surface area contributed by atoms with Gasteiger partial charge in [-0.25, -0.2) is 4.68 Å². The minimum Gasteiger partial charge on any atom is -0.493 e. The summed E-state index contributed by atoms with van der Waals surface area (Å²) in [6.07, 6.45) is 0. The Balaban J connectivity index is 1.56. The van der Waals surface area contributed by atoms with Crippen LogP contribution in [0.5, 0.6) is 17.2 Å². The Kier molecular flexibility index (Phi) is 7.59. The predicted octanol–water partition coefficient (Wildman–Crippen LogP) is 5.36. The quantitative estimate of drug-likeness (QED) is 0.319. The maximum Gasteiger partial charge on any atom is 0.254 e. The number of carbonyl (C=O) groups excluding carboxylic acids is 1. The Bertz CT molecular complexity index is 1310. The lowest BCUT2D eigenvalue weighted by atomic mass is 10.1. The molecular weight excluding hydrogens is 454 g/mol. The summed E-state index contributed by atoms with van der Waals surface area (Å²) >= 11 is 0. The van der Waals surface area contributed by atoms with Crippen LogP contribution in [-0.4, -0.2) is 41.9 Å². The summed E-state index contributed by atoms with van der Waals surface area (Å²) in [5.74, 6) is 1.17. The van der Waals surface area contributed by atoms with E-state index in [9.17, 15) is 4.79 Å². The molecular formula is C29H31N3O4. The van der Waals surface area contributed by atoms with E-state index in [4.69, 9.17) is 19.3 Å². The Morgan fingerprint density at radius 3 is 2.08 bits per heavy atom. The van der Waals surface area contributed by atoms with Gasteiger partial charge in [-0.05, 0) is 43.7 Å². The lowest BCUT2D eigenvalue weighted by Crippen LogP contribution is -2.27. The smallest absolute Gasteiger partial charge is 0.254 e. The van der Waals surface area contributed by atoms with Gasteiger partial charge in [0.05, 0.1) is 25.6 Å². The largest absolute Gasteiger partial charge is 0.493 e. The number of hydrogen-bond donors (Lipinski definition) is 0. The van der Waals surface area contributed by atoms with Gasteiger partial charge in [0.1, 0.15) is 6.61 Å². The molecule has 0 aliphatic carbocycles. The summed E-state index contributed by atoms with van der Waals surface area (Å²) in [6, 6.07) is 23.2. The first kappa shape index (κ1) is 24.9. The van der Waals surface area contributed by atoms with Gasteiger partial charge in [-0.1, -0.05) is 48.5 Å². The summed E-state index contributed by atoms with van der Waals surface area (Å²) in [6.45, 7) is 4.75. The Morgan fingerprint density at radius 1 is 0.917 bits per heavy atom. The molecule has 0 unspecified atom stereocenters. The van der Waals surface area contributed by atoms with Crippen molar-refractivity contribution in [3.05, 3.63) is 101 Å². The number of para-hydroxylation sites is 1. The van der Waals surface area contributed by atoms with E-state index < -0.39 is 0 Å². The highest BCUT2D eigenvalue weighted by Gasteiger charge is 2.22. The summed E-state index contributed by atoms with van der Waals surface area (Å²) in [5.41, 5.74) is 5.34. The van der Waals surface area contributed by atoms with E-state index in [1.807, 2.05) is 79.2 Å². The second-order valence-electron chi connectivity index (χ2n) is 8.54. The molecule has 0 N–H and O–H groups in total. The molecule has 0 radical (unpaired) electrons. The van der Waals surface area contributed by atoms with Crippen LogP contribution in [0.25, 0.3) is 5.69 Å². The van der Waals surface area contributed by atoms with E-state index >= 15 is 0 Å². The van der Waals surface area contributed by atoms with Gasteiger partial charge >= 0.3 is 0 Å². The highest BCUT2D eigenvalue weighted by atomic mass is 16.5. The van der Waals surface area contributed by atoms with E-state index in [2.05, 4.69) is 0 Å². The van der Waals surface area contributed by atoms with Crippen LogP contribution in [0, 0.1) is 13.8 Å². The molecule has 0 aliphatic rings. The number of carbonyl (C=O) groups is 1. The standard InChI is InChI=1S/C29H31N3O4/c1-20-25(21(2)32(30-20)24-14-10-7-11-15-24)18-31(3)29(33)23-16-26(34-4)28(27(17-23)35-5)36-19-22-12-8-6-9-13-22/h6-17H,18-19H2,1-5H3. The van der Waals surface area contributed by atoms with Gasteiger partial charge in [-0.3, -0.25) is 4.79 Å². The molecule has 186 valence electrons. The molecule has 0 spiro atoms. The van der Waals surface area contributed by atoms with Crippen molar-refractivity contribution in [2.75, 3.05) is 21.3 Å². The Labute approximate surface area is 211 Å².